The third kappa shape index (κ3) is 4.77. The molecule has 2 heterocycles. The lowest BCUT2D eigenvalue weighted by Gasteiger charge is -2.08. The van der Waals surface area contributed by atoms with Crippen molar-refractivity contribution >= 4 is 34.2 Å². The molecule has 0 bridgehead atoms. The van der Waals surface area contributed by atoms with Gasteiger partial charge in [0.15, 0.2) is 5.82 Å². The highest BCUT2D eigenvalue weighted by Gasteiger charge is 2.07. The number of aryl methyl sites for hydroxylation is 1. The van der Waals surface area contributed by atoms with E-state index in [9.17, 15) is 4.79 Å². The molecule has 0 atom stereocenters. The average Bonchev–Trinajstić information content (AvgIpc) is 3.16. The van der Waals surface area contributed by atoms with E-state index in [-0.39, 0.29) is 5.91 Å². The summed E-state index contributed by atoms with van der Waals surface area (Å²) in [6.07, 6.45) is 1.82. The molecule has 7 nitrogen and oxygen atoms in total. The Balaban J connectivity index is 1.40. The number of hydrogen-bond acceptors (Lipinski definition) is 5. The molecule has 0 saturated heterocycles. The van der Waals surface area contributed by atoms with Gasteiger partial charge in [-0.1, -0.05) is 6.07 Å². The zero-order valence-corrected chi connectivity index (χ0v) is 17.6. The molecule has 4 rings (SSSR count). The first kappa shape index (κ1) is 19.1. The number of amides is 1. The maximum Gasteiger partial charge on any atom is 0.255 e. The van der Waals surface area contributed by atoms with Gasteiger partial charge in [0.1, 0.15) is 5.75 Å². The Morgan fingerprint density at radius 2 is 1.86 bits per heavy atom. The number of nitrogens with zero attached hydrogens (tertiary/aromatic N) is 4. The minimum atomic E-state index is -0.160. The second kappa shape index (κ2) is 8.39. The van der Waals surface area contributed by atoms with E-state index in [4.69, 9.17) is 4.74 Å². The summed E-state index contributed by atoms with van der Waals surface area (Å²) in [7, 11) is 0. The molecule has 2 aromatic carbocycles. The molecule has 0 saturated carbocycles. The van der Waals surface area contributed by atoms with E-state index in [1.165, 1.54) is 0 Å². The van der Waals surface area contributed by atoms with Gasteiger partial charge in [-0.3, -0.25) is 4.79 Å². The summed E-state index contributed by atoms with van der Waals surface area (Å²) in [6, 6.07) is 19.9. The number of nitrogens with one attached hydrogen (secondary N) is 1. The van der Waals surface area contributed by atoms with E-state index >= 15 is 0 Å². The number of anilines is 1. The summed E-state index contributed by atoms with van der Waals surface area (Å²) in [6.45, 7) is 1.91. The highest BCUT2D eigenvalue weighted by atomic mass is 127. The number of benzene rings is 2. The summed E-state index contributed by atoms with van der Waals surface area (Å²) in [5, 5.41) is 15.4. The summed E-state index contributed by atoms with van der Waals surface area (Å²) < 4.78 is 8.38. The van der Waals surface area contributed by atoms with Crippen LogP contribution in [0.25, 0.3) is 5.82 Å². The maximum absolute atomic E-state index is 12.3. The molecular weight excluding hydrogens is 481 g/mol. The van der Waals surface area contributed by atoms with Gasteiger partial charge in [-0.2, -0.15) is 5.10 Å². The van der Waals surface area contributed by atoms with Gasteiger partial charge in [0.25, 0.3) is 5.91 Å². The summed E-state index contributed by atoms with van der Waals surface area (Å²) >= 11 is 2.18. The number of aromatic nitrogens is 4. The lowest BCUT2D eigenvalue weighted by Crippen LogP contribution is -2.11. The Hall–Kier alpha value is -3.27. The lowest BCUT2D eigenvalue weighted by molar-refractivity contribution is 0.102. The van der Waals surface area contributed by atoms with Gasteiger partial charge in [-0.05, 0) is 84.1 Å². The number of rotatable bonds is 5. The predicted molar refractivity (Wildman–Crippen MR) is 118 cm³/mol. The monoisotopic (exact) mass is 497 g/mol. The molecule has 144 valence electrons. The van der Waals surface area contributed by atoms with E-state index in [0.29, 0.717) is 28.7 Å². The summed E-state index contributed by atoms with van der Waals surface area (Å²) in [4.78, 5) is 12.3. The molecule has 0 unspecified atom stereocenters. The third-order valence-electron chi connectivity index (χ3n) is 4.00. The van der Waals surface area contributed by atoms with Gasteiger partial charge in [0.2, 0.25) is 5.88 Å². The van der Waals surface area contributed by atoms with Crippen molar-refractivity contribution in [1.82, 2.24) is 20.0 Å². The van der Waals surface area contributed by atoms with Crippen molar-refractivity contribution in [3.05, 3.63) is 87.8 Å². The quantitative estimate of drug-likeness (QED) is 0.407. The largest absolute Gasteiger partial charge is 0.438 e. The molecule has 1 N–H and O–H groups in total. The van der Waals surface area contributed by atoms with Crippen molar-refractivity contribution in [2.75, 3.05) is 5.32 Å². The van der Waals surface area contributed by atoms with Gasteiger partial charge in [-0.15, -0.1) is 10.2 Å². The highest BCUT2D eigenvalue weighted by molar-refractivity contribution is 14.1. The Morgan fingerprint density at radius 1 is 1.03 bits per heavy atom. The molecule has 0 radical (unpaired) electrons. The van der Waals surface area contributed by atoms with Crippen LogP contribution in [0.4, 0.5) is 5.69 Å². The van der Waals surface area contributed by atoms with E-state index in [1.807, 2.05) is 37.4 Å². The molecular formula is C21H16IN5O2. The number of ether oxygens (including phenoxy) is 1. The van der Waals surface area contributed by atoms with Crippen LogP contribution >= 0.6 is 22.6 Å². The van der Waals surface area contributed by atoms with Crippen LogP contribution in [0.5, 0.6) is 11.6 Å². The van der Waals surface area contributed by atoms with Crippen LogP contribution in [0.1, 0.15) is 16.1 Å². The second-order valence-corrected chi connectivity index (χ2v) is 7.47. The van der Waals surface area contributed by atoms with Crippen LogP contribution in [0.2, 0.25) is 0 Å². The minimum Gasteiger partial charge on any atom is -0.438 e. The van der Waals surface area contributed by atoms with Crippen LogP contribution < -0.4 is 10.1 Å². The molecule has 0 fully saturated rings. The van der Waals surface area contributed by atoms with Gasteiger partial charge in [0.05, 0.1) is 5.69 Å². The first-order valence-electron chi connectivity index (χ1n) is 8.78. The fourth-order valence-corrected chi connectivity index (χ4v) is 3.14. The number of carbonyl (C=O) groups is 1. The summed E-state index contributed by atoms with van der Waals surface area (Å²) in [5.41, 5.74) is 2.19. The molecule has 8 heteroatoms. The maximum atomic E-state index is 12.3. The molecule has 0 spiro atoms. The number of halogens is 1. The van der Waals surface area contributed by atoms with Crippen molar-refractivity contribution in [1.29, 1.82) is 0 Å². The number of hydrogen-bond donors (Lipinski definition) is 1. The lowest BCUT2D eigenvalue weighted by atomic mass is 10.2. The molecule has 0 aliphatic heterocycles. The second-order valence-electron chi connectivity index (χ2n) is 6.22. The molecule has 0 aliphatic carbocycles. The van der Waals surface area contributed by atoms with Crippen LogP contribution in [0, 0.1) is 10.5 Å². The first-order chi connectivity index (χ1) is 14.1. The predicted octanol–water partition coefficient (Wildman–Crippen LogP) is 4.62. The topological polar surface area (TPSA) is 81.9 Å². The number of carbonyl (C=O) groups excluding carboxylic acids is 1. The van der Waals surface area contributed by atoms with Crippen LogP contribution in [-0.4, -0.2) is 25.9 Å². The highest BCUT2D eigenvalue weighted by Crippen LogP contribution is 2.22. The fraction of sp³-hybridized carbons (Fsp3) is 0.0476. The summed E-state index contributed by atoms with van der Waals surface area (Å²) in [5.74, 6) is 1.41. The Kier molecular flexibility index (Phi) is 5.52. The minimum absolute atomic E-state index is 0.160. The molecule has 2 aromatic heterocycles. The van der Waals surface area contributed by atoms with Crippen molar-refractivity contribution in [2.24, 2.45) is 0 Å². The van der Waals surface area contributed by atoms with Gasteiger partial charge < -0.3 is 10.1 Å². The normalized spacial score (nSPS) is 10.6. The van der Waals surface area contributed by atoms with E-state index < -0.39 is 0 Å². The van der Waals surface area contributed by atoms with Gasteiger partial charge in [-0.25, -0.2) is 4.68 Å². The van der Waals surface area contributed by atoms with Crippen molar-refractivity contribution in [2.45, 2.75) is 6.92 Å². The Bertz CT molecular complexity index is 1140. The van der Waals surface area contributed by atoms with Gasteiger partial charge in [0, 0.05) is 27.1 Å². The Labute approximate surface area is 180 Å². The van der Waals surface area contributed by atoms with Crippen molar-refractivity contribution in [3.63, 3.8) is 0 Å². The van der Waals surface area contributed by atoms with Gasteiger partial charge >= 0.3 is 0 Å². The molecule has 0 aliphatic rings. The fourth-order valence-electron chi connectivity index (χ4n) is 2.59. The van der Waals surface area contributed by atoms with Crippen LogP contribution in [0.15, 0.2) is 72.9 Å². The smallest absolute Gasteiger partial charge is 0.255 e. The van der Waals surface area contributed by atoms with Crippen LogP contribution in [0.3, 0.4) is 0 Å². The Morgan fingerprint density at radius 3 is 2.52 bits per heavy atom. The van der Waals surface area contributed by atoms with Crippen molar-refractivity contribution in [3.8, 4) is 17.4 Å². The zero-order valence-electron chi connectivity index (χ0n) is 15.4. The van der Waals surface area contributed by atoms with Crippen LogP contribution in [-0.2, 0) is 0 Å². The zero-order chi connectivity index (χ0) is 20.2. The van der Waals surface area contributed by atoms with E-state index in [2.05, 4.69) is 43.2 Å². The van der Waals surface area contributed by atoms with E-state index in [0.717, 1.165) is 9.26 Å². The van der Waals surface area contributed by atoms with E-state index in [1.54, 1.807) is 47.1 Å². The molecule has 1 amide bonds. The SMILES string of the molecule is Cc1ccn(-c2ccc(Oc3ccc(NC(=O)c4cccc(I)c4)cc3)nn2)n1. The standard InChI is InChI=1S/C21H16IN5O2/c1-14-11-12-27(26-14)19-9-10-20(25-24-19)29-18-7-5-17(6-8-18)23-21(28)15-3-2-4-16(22)13-15/h2-13H,1H3,(H,23,28). The first-order valence-corrected chi connectivity index (χ1v) is 9.86. The average molecular weight is 497 g/mol. The third-order valence-corrected chi connectivity index (χ3v) is 4.68. The molecule has 4 aromatic rings. The molecule has 29 heavy (non-hydrogen) atoms. The van der Waals surface area contributed by atoms with Crippen molar-refractivity contribution < 1.29 is 9.53 Å².